The van der Waals surface area contributed by atoms with E-state index in [1.807, 2.05) is 19.1 Å². The van der Waals surface area contributed by atoms with Crippen LogP contribution in [0, 0.1) is 0 Å². The van der Waals surface area contributed by atoms with Gasteiger partial charge in [0, 0.05) is 12.6 Å². The zero-order chi connectivity index (χ0) is 27.7. The SMILES string of the molecule is CC[C@H](C(=O)NC1CCCCC1)N(Cc1ccc(OC)cc1)C(=O)CN(c1ccccc1OC)S(C)(=O)=O. The van der Waals surface area contributed by atoms with Gasteiger partial charge in [0.2, 0.25) is 21.8 Å². The number of sulfonamides is 1. The summed E-state index contributed by atoms with van der Waals surface area (Å²) in [4.78, 5) is 28.8. The summed E-state index contributed by atoms with van der Waals surface area (Å²) in [6.45, 7) is 1.53. The first-order valence-corrected chi connectivity index (χ1v) is 14.9. The third-order valence-corrected chi connectivity index (χ3v) is 8.01. The van der Waals surface area contributed by atoms with Gasteiger partial charge in [0.15, 0.2) is 0 Å². The van der Waals surface area contributed by atoms with E-state index in [0.29, 0.717) is 17.9 Å². The van der Waals surface area contributed by atoms with Gasteiger partial charge in [0.05, 0.1) is 26.2 Å². The molecule has 10 heteroatoms. The fraction of sp³-hybridized carbons (Fsp3) is 0.500. The molecule has 9 nitrogen and oxygen atoms in total. The molecule has 1 saturated carbocycles. The van der Waals surface area contributed by atoms with E-state index in [4.69, 9.17) is 9.47 Å². The summed E-state index contributed by atoms with van der Waals surface area (Å²) in [5, 5.41) is 3.14. The lowest BCUT2D eigenvalue weighted by Gasteiger charge is -2.34. The number of amides is 2. The second-order valence-corrected chi connectivity index (χ2v) is 11.5. The van der Waals surface area contributed by atoms with E-state index in [2.05, 4.69) is 5.32 Å². The maximum Gasteiger partial charge on any atom is 0.244 e. The number of anilines is 1. The number of nitrogens with zero attached hydrogens (tertiary/aromatic N) is 2. The fourth-order valence-corrected chi connectivity index (χ4v) is 5.68. The first-order valence-electron chi connectivity index (χ1n) is 13.0. The number of benzene rings is 2. The van der Waals surface area contributed by atoms with Crippen LogP contribution in [0.3, 0.4) is 0 Å². The lowest BCUT2D eigenvalue weighted by Crippen LogP contribution is -2.54. The fourth-order valence-electron chi connectivity index (χ4n) is 4.82. The lowest BCUT2D eigenvalue weighted by molar-refractivity contribution is -0.140. The van der Waals surface area contributed by atoms with Gasteiger partial charge in [-0.05, 0) is 49.1 Å². The topological polar surface area (TPSA) is 105 Å². The molecule has 1 fully saturated rings. The molecule has 0 radical (unpaired) electrons. The minimum absolute atomic E-state index is 0.0873. The smallest absolute Gasteiger partial charge is 0.244 e. The zero-order valence-corrected chi connectivity index (χ0v) is 23.5. The molecule has 2 amide bonds. The van der Waals surface area contributed by atoms with Gasteiger partial charge >= 0.3 is 0 Å². The van der Waals surface area contributed by atoms with Gasteiger partial charge in [-0.15, -0.1) is 0 Å². The molecule has 2 aromatic rings. The first kappa shape index (κ1) is 29.3. The van der Waals surface area contributed by atoms with E-state index in [-0.39, 0.29) is 24.2 Å². The number of nitrogens with one attached hydrogen (secondary N) is 1. The van der Waals surface area contributed by atoms with Gasteiger partial charge in [0.1, 0.15) is 24.1 Å². The van der Waals surface area contributed by atoms with Crippen molar-refractivity contribution in [3.05, 3.63) is 54.1 Å². The highest BCUT2D eigenvalue weighted by Crippen LogP contribution is 2.30. The van der Waals surface area contributed by atoms with Crippen molar-refractivity contribution in [3.8, 4) is 11.5 Å². The number of hydrogen-bond acceptors (Lipinski definition) is 6. The van der Waals surface area contributed by atoms with Crippen LogP contribution in [0.2, 0.25) is 0 Å². The Morgan fingerprint density at radius 1 is 1.00 bits per heavy atom. The minimum atomic E-state index is -3.85. The molecule has 1 atom stereocenters. The summed E-state index contributed by atoms with van der Waals surface area (Å²) in [6.07, 6.45) is 6.57. The number of methoxy groups -OCH3 is 2. The predicted molar refractivity (Wildman–Crippen MR) is 148 cm³/mol. The maximum absolute atomic E-state index is 13.9. The van der Waals surface area contributed by atoms with Crippen LogP contribution in [0.5, 0.6) is 11.5 Å². The molecular weight excluding hydrogens is 506 g/mol. The Labute approximate surface area is 226 Å². The molecular formula is C28H39N3O6S. The molecule has 0 aromatic heterocycles. The van der Waals surface area contributed by atoms with E-state index < -0.39 is 28.5 Å². The minimum Gasteiger partial charge on any atom is -0.497 e. The Balaban J connectivity index is 1.93. The van der Waals surface area contributed by atoms with Crippen LogP contribution in [0.1, 0.15) is 51.0 Å². The van der Waals surface area contributed by atoms with Crippen LogP contribution in [0.4, 0.5) is 5.69 Å². The molecule has 1 aliphatic rings. The van der Waals surface area contributed by atoms with Crippen LogP contribution in [0.25, 0.3) is 0 Å². The zero-order valence-electron chi connectivity index (χ0n) is 22.7. The Morgan fingerprint density at radius 3 is 2.24 bits per heavy atom. The highest BCUT2D eigenvalue weighted by Gasteiger charge is 2.33. The number of carbonyl (C=O) groups is 2. The molecule has 3 rings (SSSR count). The quantitative estimate of drug-likeness (QED) is 0.436. The highest BCUT2D eigenvalue weighted by atomic mass is 32.2. The van der Waals surface area contributed by atoms with Gasteiger partial charge in [-0.2, -0.15) is 0 Å². The molecule has 0 heterocycles. The lowest BCUT2D eigenvalue weighted by atomic mass is 9.95. The molecule has 0 bridgehead atoms. The highest BCUT2D eigenvalue weighted by molar-refractivity contribution is 7.92. The number of para-hydroxylation sites is 2. The molecule has 2 aromatic carbocycles. The van der Waals surface area contributed by atoms with Gasteiger partial charge < -0.3 is 19.7 Å². The molecule has 0 spiro atoms. The predicted octanol–water partition coefficient (Wildman–Crippen LogP) is 3.73. The van der Waals surface area contributed by atoms with Gasteiger partial charge in [0.25, 0.3) is 0 Å². The third kappa shape index (κ3) is 7.63. The number of carbonyl (C=O) groups excluding carboxylic acids is 2. The molecule has 38 heavy (non-hydrogen) atoms. The second-order valence-electron chi connectivity index (χ2n) is 9.58. The van der Waals surface area contributed by atoms with Gasteiger partial charge in [-0.25, -0.2) is 8.42 Å². The Kier molecular flexibility index (Phi) is 10.4. The molecule has 0 aliphatic heterocycles. The van der Waals surface area contributed by atoms with Crippen molar-refractivity contribution in [2.75, 3.05) is 31.3 Å². The van der Waals surface area contributed by atoms with Crippen LogP contribution >= 0.6 is 0 Å². The third-order valence-electron chi connectivity index (χ3n) is 6.88. The van der Waals surface area contributed by atoms with Crippen LogP contribution < -0.4 is 19.1 Å². The van der Waals surface area contributed by atoms with Crippen molar-refractivity contribution in [1.82, 2.24) is 10.2 Å². The van der Waals surface area contributed by atoms with Crippen LogP contribution in [0.15, 0.2) is 48.5 Å². The van der Waals surface area contributed by atoms with E-state index in [0.717, 1.165) is 48.2 Å². The van der Waals surface area contributed by atoms with E-state index >= 15 is 0 Å². The number of ether oxygens (including phenoxy) is 2. The summed E-state index contributed by atoms with van der Waals surface area (Å²) in [6, 6.07) is 13.2. The second kappa shape index (κ2) is 13.5. The van der Waals surface area contributed by atoms with Crippen molar-refractivity contribution in [2.24, 2.45) is 0 Å². The summed E-state index contributed by atoms with van der Waals surface area (Å²) in [7, 11) is -0.829. The van der Waals surface area contributed by atoms with Crippen LogP contribution in [-0.4, -0.2) is 64.2 Å². The van der Waals surface area contributed by atoms with Gasteiger partial charge in [-0.3, -0.25) is 13.9 Å². The van der Waals surface area contributed by atoms with Crippen molar-refractivity contribution in [2.45, 2.75) is 64.1 Å². The summed E-state index contributed by atoms with van der Waals surface area (Å²) in [5.41, 5.74) is 1.06. The Bertz CT molecular complexity index is 1180. The van der Waals surface area contributed by atoms with Crippen molar-refractivity contribution >= 4 is 27.5 Å². The Hall–Kier alpha value is -3.27. The normalized spacial score (nSPS) is 14.8. The van der Waals surface area contributed by atoms with Crippen molar-refractivity contribution < 1.29 is 27.5 Å². The molecule has 1 aliphatic carbocycles. The van der Waals surface area contributed by atoms with Crippen molar-refractivity contribution in [1.29, 1.82) is 0 Å². The van der Waals surface area contributed by atoms with Crippen molar-refractivity contribution in [3.63, 3.8) is 0 Å². The number of rotatable bonds is 12. The summed E-state index contributed by atoms with van der Waals surface area (Å²) in [5.74, 6) is 0.301. The Morgan fingerprint density at radius 2 is 1.66 bits per heavy atom. The molecule has 0 unspecified atom stereocenters. The average molecular weight is 546 g/mol. The van der Waals surface area contributed by atoms with E-state index in [1.165, 1.54) is 12.0 Å². The van der Waals surface area contributed by atoms with E-state index in [9.17, 15) is 18.0 Å². The van der Waals surface area contributed by atoms with Gasteiger partial charge in [-0.1, -0.05) is 50.5 Å². The average Bonchev–Trinajstić information content (AvgIpc) is 2.91. The van der Waals surface area contributed by atoms with Crippen LogP contribution in [-0.2, 0) is 26.2 Å². The van der Waals surface area contributed by atoms with E-state index in [1.54, 1.807) is 43.5 Å². The summed E-state index contributed by atoms with van der Waals surface area (Å²) >= 11 is 0. The molecule has 0 saturated heterocycles. The first-order chi connectivity index (χ1) is 18.2. The summed E-state index contributed by atoms with van der Waals surface area (Å²) < 4.78 is 37.3. The molecule has 1 N–H and O–H groups in total. The maximum atomic E-state index is 13.9. The molecule has 208 valence electrons. The largest absolute Gasteiger partial charge is 0.497 e. The number of hydrogen-bond donors (Lipinski definition) is 1. The monoisotopic (exact) mass is 545 g/mol. The standard InChI is InChI=1S/C28H39N3O6S/c1-5-24(28(33)29-22-11-7-6-8-12-22)30(19-21-15-17-23(36-2)18-16-21)27(32)20-31(38(4,34)35)25-13-9-10-14-26(25)37-3/h9-10,13-18,22,24H,5-8,11-12,19-20H2,1-4H3,(H,29,33)/t24-/m1/s1.